The molecule has 1 aromatic rings. The summed E-state index contributed by atoms with van der Waals surface area (Å²) >= 11 is 0. The highest BCUT2D eigenvalue weighted by atomic mass is 28.3. The van der Waals surface area contributed by atoms with Gasteiger partial charge < -0.3 is 4.74 Å². The van der Waals surface area contributed by atoms with Crippen molar-refractivity contribution in [1.29, 1.82) is 0 Å². The number of aromatic nitrogens is 1. The van der Waals surface area contributed by atoms with E-state index in [1.165, 1.54) is 0 Å². The van der Waals surface area contributed by atoms with Crippen LogP contribution in [0.2, 0.25) is 19.6 Å². The van der Waals surface area contributed by atoms with Gasteiger partial charge in [-0.15, -0.1) is 5.54 Å². The molecule has 2 nitrogen and oxygen atoms in total. The number of methoxy groups -OCH3 is 1. The highest BCUT2D eigenvalue weighted by Gasteiger charge is 2.08. The fourth-order valence-corrected chi connectivity index (χ4v) is 1.54. The summed E-state index contributed by atoms with van der Waals surface area (Å²) in [6, 6.07) is 3.92. The molecule has 0 spiro atoms. The van der Waals surface area contributed by atoms with Crippen LogP contribution in [-0.4, -0.2) is 20.2 Å². The highest BCUT2D eigenvalue weighted by molar-refractivity contribution is 6.83. The van der Waals surface area contributed by atoms with E-state index in [4.69, 9.17) is 4.74 Å². The first-order valence-electron chi connectivity index (χ1n) is 4.97. The van der Waals surface area contributed by atoms with Gasteiger partial charge in [0.25, 0.3) is 0 Å². The van der Waals surface area contributed by atoms with Crippen molar-refractivity contribution in [2.45, 2.75) is 26.6 Å². The Labute approximate surface area is 92.7 Å². The van der Waals surface area contributed by atoms with Crippen LogP contribution in [0.5, 0.6) is 5.88 Å². The summed E-state index contributed by atoms with van der Waals surface area (Å²) in [4.78, 5) is 4.32. The molecule has 0 fully saturated rings. The van der Waals surface area contributed by atoms with Crippen LogP contribution in [0, 0.1) is 18.4 Å². The van der Waals surface area contributed by atoms with E-state index in [1.807, 2.05) is 19.1 Å². The molecule has 15 heavy (non-hydrogen) atoms. The van der Waals surface area contributed by atoms with Crippen LogP contribution in [-0.2, 0) is 0 Å². The van der Waals surface area contributed by atoms with Crippen LogP contribution in [0.1, 0.15) is 11.3 Å². The van der Waals surface area contributed by atoms with Crippen LogP contribution in [0.4, 0.5) is 0 Å². The van der Waals surface area contributed by atoms with Gasteiger partial charge in [-0.1, -0.05) is 31.6 Å². The summed E-state index contributed by atoms with van der Waals surface area (Å²) in [5, 5.41) is 0. The molecule has 1 heterocycles. The molecule has 0 aliphatic rings. The molecule has 80 valence electrons. The number of hydrogen-bond donors (Lipinski definition) is 0. The minimum absolute atomic E-state index is 0.664. The molecule has 0 saturated carbocycles. The summed E-state index contributed by atoms with van der Waals surface area (Å²) in [7, 11) is 0.307. The standard InChI is InChI=1S/C12H17NOSi/c1-10-6-7-11(13-12(10)14-2)8-9-15(3,4)5/h6-7H,1-5H3. The zero-order valence-corrected chi connectivity index (χ0v) is 11.0. The SMILES string of the molecule is COc1nc(C#C[Si](C)(C)C)ccc1C. The predicted molar refractivity (Wildman–Crippen MR) is 65.8 cm³/mol. The Morgan fingerprint density at radius 2 is 1.93 bits per heavy atom. The Kier molecular flexibility index (Phi) is 3.54. The van der Waals surface area contributed by atoms with Crippen molar-refractivity contribution >= 4 is 8.07 Å². The Morgan fingerprint density at radius 1 is 1.27 bits per heavy atom. The van der Waals surface area contributed by atoms with Crippen LogP contribution >= 0.6 is 0 Å². The van der Waals surface area contributed by atoms with Crippen molar-refractivity contribution in [2.24, 2.45) is 0 Å². The summed E-state index contributed by atoms with van der Waals surface area (Å²) < 4.78 is 5.15. The van der Waals surface area contributed by atoms with E-state index in [-0.39, 0.29) is 0 Å². The first kappa shape index (κ1) is 11.8. The molecule has 0 unspecified atom stereocenters. The normalized spacial score (nSPS) is 10.5. The highest BCUT2D eigenvalue weighted by Crippen LogP contribution is 2.13. The predicted octanol–water partition coefficient (Wildman–Crippen LogP) is 2.63. The third-order valence-electron chi connectivity index (χ3n) is 1.81. The average molecular weight is 219 g/mol. The average Bonchev–Trinajstić information content (AvgIpc) is 2.15. The molecule has 0 bridgehead atoms. The molecule has 0 radical (unpaired) electrons. The summed E-state index contributed by atoms with van der Waals surface area (Å²) in [5.74, 6) is 3.77. The first-order valence-corrected chi connectivity index (χ1v) is 8.47. The number of hydrogen-bond acceptors (Lipinski definition) is 2. The van der Waals surface area contributed by atoms with Crippen molar-refractivity contribution in [1.82, 2.24) is 4.98 Å². The summed E-state index contributed by atoms with van der Waals surface area (Å²) in [6.45, 7) is 8.61. The fraction of sp³-hybridized carbons (Fsp3) is 0.417. The molecule has 1 rings (SSSR count). The van der Waals surface area contributed by atoms with Crippen molar-refractivity contribution in [3.05, 3.63) is 23.4 Å². The van der Waals surface area contributed by atoms with Crippen LogP contribution in [0.3, 0.4) is 0 Å². The fourth-order valence-electron chi connectivity index (χ4n) is 1.04. The second-order valence-corrected chi connectivity index (χ2v) is 9.27. The summed E-state index contributed by atoms with van der Waals surface area (Å²) in [5.41, 5.74) is 5.11. The number of rotatable bonds is 1. The zero-order chi connectivity index (χ0) is 11.5. The van der Waals surface area contributed by atoms with Crippen LogP contribution in [0.25, 0.3) is 0 Å². The van der Waals surface area contributed by atoms with Crippen LogP contribution in [0.15, 0.2) is 12.1 Å². The maximum atomic E-state index is 5.15. The molecule has 0 N–H and O–H groups in total. The first-order chi connectivity index (χ1) is 6.92. The molecule has 1 aromatic heterocycles. The van der Waals surface area contributed by atoms with Crippen molar-refractivity contribution in [2.75, 3.05) is 7.11 Å². The van der Waals surface area contributed by atoms with E-state index in [0.717, 1.165) is 11.3 Å². The largest absolute Gasteiger partial charge is 0.481 e. The number of nitrogens with zero attached hydrogens (tertiary/aromatic N) is 1. The molecular formula is C12H17NOSi. The van der Waals surface area contributed by atoms with Gasteiger partial charge in [-0.2, -0.15) is 0 Å². The molecule has 3 heteroatoms. The van der Waals surface area contributed by atoms with Crippen molar-refractivity contribution in [3.8, 4) is 17.3 Å². The lowest BCUT2D eigenvalue weighted by atomic mass is 10.2. The minimum atomic E-state index is -1.32. The van der Waals surface area contributed by atoms with Gasteiger partial charge in [-0.25, -0.2) is 4.98 Å². The second-order valence-electron chi connectivity index (χ2n) is 4.52. The van der Waals surface area contributed by atoms with Gasteiger partial charge in [0, 0.05) is 5.56 Å². The van der Waals surface area contributed by atoms with Gasteiger partial charge >= 0.3 is 0 Å². The van der Waals surface area contributed by atoms with Crippen molar-refractivity contribution < 1.29 is 4.74 Å². The Morgan fingerprint density at radius 3 is 2.47 bits per heavy atom. The van der Waals surface area contributed by atoms with Gasteiger partial charge in [0.2, 0.25) is 5.88 Å². The maximum Gasteiger partial charge on any atom is 0.217 e. The lowest BCUT2D eigenvalue weighted by Gasteiger charge is -2.04. The molecule has 0 saturated heterocycles. The molecule has 0 aliphatic carbocycles. The molecule has 0 amide bonds. The number of ether oxygens (including phenoxy) is 1. The monoisotopic (exact) mass is 219 g/mol. The molecular weight excluding hydrogens is 202 g/mol. The van der Waals surface area contributed by atoms with E-state index in [9.17, 15) is 0 Å². The van der Waals surface area contributed by atoms with Gasteiger partial charge in [0.05, 0.1) is 7.11 Å². The van der Waals surface area contributed by atoms with E-state index < -0.39 is 8.07 Å². The zero-order valence-electron chi connectivity index (χ0n) is 10.0. The lowest BCUT2D eigenvalue weighted by Crippen LogP contribution is -2.16. The Hall–Kier alpha value is -1.27. The van der Waals surface area contributed by atoms with E-state index in [0.29, 0.717) is 5.88 Å². The van der Waals surface area contributed by atoms with Crippen molar-refractivity contribution in [3.63, 3.8) is 0 Å². The minimum Gasteiger partial charge on any atom is -0.481 e. The third-order valence-corrected chi connectivity index (χ3v) is 2.68. The second kappa shape index (κ2) is 4.50. The van der Waals surface area contributed by atoms with E-state index in [2.05, 4.69) is 36.1 Å². The van der Waals surface area contributed by atoms with Gasteiger partial charge in [-0.3, -0.25) is 0 Å². The smallest absolute Gasteiger partial charge is 0.217 e. The molecule has 0 aliphatic heterocycles. The van der Waals surface area contributed by atoms with Gasteiger partial charge in [0.15, 0.2) is 0 Å². The summed E-state index contributed by atoms with van der Waals surface area (Å²) in [6.07, 6.45) is 0. The number of aryl methyl sites for hydroxylation is 1. The van der Waals surface area contributed by atoms with Gasteiger partial charge in [0.1, 0.15) is 13.8 Å². The van der Waals surface area contributed by atoms with Crippen LogP contribution < -0.4 is 4.74 Å². The topological polar surface area (TPSA) is 22.1 Å². The Bertz CT molecular complexity index is 410. The van der Waals surface area contributed by atoms with E-state index in [1.54, 1.807) is 7.11 Å². The number of pyridine rings is 1. The van der Waals surface area contributed by atoms with E-state index >= 15 is 0 Å². The molecule has 0 atom stereocenters. The third kappa shape index (κ3) is 3.76. The lowest BCUT2D eigenvalue weighted by molar-refractivity contribution is 0.394. The maximum absolute atomic E-state index is 5.15. The van der Waals surface area contributed by atoms with Gasteiger partial charge in [-0.05, 0) is 13.0 Å². The quantitative estimate of drug-likeness (QED) is 0.535. The Balaban J connectivity index is 3.01. The molecule has 0 aromatic carbocycles.